The molecule has 3 atom stereocenters. The van der Waals surface area contributed by atoms with Crippen LogP contribution in [0.15, 0.2) is 18.2 Å². The molecule has 0 bridgehead atoms. The lowest BCUT2D eigenvalue weighted by Crippen LogP contribution is -2.42. The molecular formula is C18H28FNO. The molecular weight excluding hydrogens is 265 g/mol. The molecule has 21 heavy (non-hydrogen) atoms. The molecule has 118 valence electrons. The second-order valence-electron chi connectivity index (χ2n) is 6.58. The molecule has 2 rings (SSSR count). The number of rotatable bonds is 5. The van der Waals surface area contributed by atoms with Crippen molar-refractivity contribution in [2.24, 2.45) is 11.8 Å². The topological polar surface area (TPSA) is 21.3 Å². The largest absolute Gasteiger partial charge is 0.494 e. The third kappa shape index (κ3) is 3.97. The summed E-state index contributed by atoms with van der Waals surface area (Å²) in [7, 11) is 1.50. The number of ether oxygens (including phenoxy) is 1. The van der Waals surface area contributed by atoms with Gasteiger partial charge in [0.1, 0.15) is 0 Å². The zero-order chi connectivity index (χ0) is 15.4. The predicted molar refractivity (Wildman–Crippen MR) is 85.1 cm³/mol. The monoisotopic (exact) mass is 293 g/mol. The van der Waals surface area contributed by atoms with E-state index < -0.39 is 0 Å². The molecule has 3 unspecified atom stereocenters. The Labute approximate surface area is 128 Å². The van der Waals surface area contributed by atoms with Gasteiger partial charge in [-0.25, -0.2) is 4.39 Å². The Hall–Kier alpha value is -1.09. The van der Waals surface area contributed by atoms with Gasteiger partial charge in [-0.1, -0.05) is 32.8 Å². The van der Waals surface area contributed by atoms with Gasteiger partial charge >= 0.3 is 0 Å². The highest BCUT2D eigenvalue weighted by molar-refractivity contribution is 5.30. The van der Waals surface area contributed by atoms with Gasteiger partial charge in [-0.05, 0) is 49.3 Å². The van der Waals surface area contributed by atoms with Crippen LogP contribution in [0.3, 0.4) is 0 Å². The van der Waals surface area contributed by atoms with Crippen LogP contribution < -0.4 is 10.1 Å². The van der Waals surface area contributed by atoms with E-state index in [4.69, 9.17) is 4.74 Å². The lowest BCUT2D eigenvalue weighted by Gasteiger charge is -2.37. The maximum absolute atomic E-state index is 13.8. The van der Waals surface area contributed by atoms with Crippen LogP contribution >= 0.6 is 0 Å². The number of methoxy groups -OCH3 is 1. The van der Waals surface area contributed by atoms with Crippen LogP contribution in [-0.4, -0.2) is 13.2 Å². The van der Waals surface area contributed by atoms with Crippen molar-refractivity contribution in [2.45, 2.75) is 58.5 Å². The van der Waals surface area contributed by atoms with Gasteiger partial charge < -0.3 is 10.1 Å². The van der Waals surface area contributed by atoms with Gasteiger partial charge in [-0.15, -0.1) is 0 Å². The Morgan fingerprint density at radius 3 is 2.52 bits per heavy atom. The van der Waals surface area contributed by atoms with Gasteiger partial charge in [0.05, 0.1) is 7.11 Å². The third-order valence-corrected chi connectivity index (χ3v) is 4.82. The van der Waals surface area contributed by atoms with E-state index in [1.807, 2.05) is 6.07 Å². The first-order valence-electron chi connectivity index (χ1n) is 8.12. The van der Waals surface area contributed by atoms with Crippen molar-refractivity contribution in [2.75, 3.05) is 7.11 Å². The summed E-state index contributed by atoms with van der Waals surface area (Å²) in [5.74, 6) is 1.45. The molecule has 0 heterocycles. The maximum atomic E-state index is 13.8. The summed E-state index contributed by atoms with van der Waals surface area (Å²) in [4.78, 5) is 0. The van der Waals surface area contributed by atoms with Crippen molar-refractivity contribution in [3.05, 3.63) is 29.6 Å². The number of halogens is 1. The van der Waals surface area contributed by atoms with Crippen LogP contribution in [0.5, 0.6) is 5.75 Å². The highest BCUT2D eigenvalue weighted by Gasteiger charge is 2.28. The summed E-state index contributed by atoms with van der Waals surface area (Å²) < 4.78 is 18.8. The second-order valence-corrected chi connectivity index (χ2v) is 6.58. The summed E-state index contributed by atoms with van der Waals surface area (Å²) in [6.07, 6.45) is 5.17. The first kappa shape index (κ1) is 16.3. The smallest absolute Gasteiger partial charge is 0.165 e. The Bertz CT molecular complexity index is 461. The number of hydrogen-bond donors (Lipinski definition) is 1. The molecule has 0 amide bonds. The molecule has 0 saturated heterocycles. The number of hydrogen-bond acceptors (Lipinski definition) is 2. The highest BCUT2D eigenvalue weighted by Crippen LogP contribution is 2.32. The average molecular weight is 293 g/mol. The second kappa shape index (κ2) is 7.26. The van der Waals surface area contributed by atoms with Gasteiger partial charge in [0, 0.05) is 12.1 Å². The summed E-state index contributed by atoms with van der Waals surface area (Å²) in [6.45, 7) is 6.73. The molecule has 1 aromatic carbocycles. The molecule has 0 spiro atoms. The van der Waals surface area contributed by atoms with Gasteiger partial charge in [0.2, 0.25) is 0 Å². The van der Waals surface area contributed by atoms with Crippen LogP contribution in [0.2, 0.25) is 0 Å². The van der Waals surface area contributed by atoms with Gasteiger partial charge in [0.25, 0.3) is 0 Å². The lowest BCUT2D eigenvalue weighted by atomic mass is 9.77. The molecule has 1 aromatic rings. The zero-order valence-electron chi connectivity index (χ0n) is 13.7. The molecule has 1 fully saturated rings. The molecule has 1 aliphatic carbocycles. The van der Waals surface area contributed by atoms with E-state index >= 15 is 0 Å². The molecule has 0 aliphatic heterocycles. The lowest BCUT2D eigenvalue weighted by molar-refractivity contribution is 0.194. The molecule has 0 radical (unpaired) electrons. The van der Waals surface area contributed by atoms with Crippen molar-refractivity contribution in [1.82, 2.24) is 5.32 Å². The SMILES string of the molecule is COc1ccc(C(C)NC2CCCCC2C(C)C)cc1F. The van der Waals surface area contributed by atoms with Crippen molar-refractivity contribution >= 4 is 0 Å². The van der Waals surface area contributed by atoms with Crippen molar-refractivity contribution < 1.29 is 9.13 Å². The Kier molecular flexibility index (Phi) is 5.63. The van der Waals surface area contributed by atoms with Gasteiger partial charge in [-0.2, -0.15) is 0 Å². The summed E-state index contributed by atoms with van der Waals surface area (Å²) in [5, 5.41) is 3.72. The quantitative estimate of drug-likeness (QED) is 0.849. The van der Waals surface area contributed by atoms with E-state index in [1.165, 1.54) is 32.8 Å². The fraction of sp³-hybridized carbons (Fsp3) is 0.667. The van der Waals surface area contributed by atoms with Crippen LogP contribution in [0, 0.1) is 17.7 Å². The predicted octanol–water partition coefficient (Wildman–Crippen LogP) is 4.70. The standard InChI is InChI=1S/C18H28FNO/c1-12(2)15-7-5-6-8-17(15)20-13(3)14-9-10-18(21-4)16(19)11-14/h9-13,15,17,20H,5-8H2,1-4H3. The van der Waals surface area contributed by atoms with E-state index in [2.05, 4.69) is 26.1 Å². The fourth-order valence-electron chi connectivity index (χ4n) is 3.53. The maximum Gasteiger partial charge on any atom is 0.165 e. The minimum atomic E-state index is -0.285. The minimum Gasteiger partial charge on any atom is -0.494 e. The Balaban J connectivity index is 2.05. The summed E-state index contributed by atoms with van der Waals surface area (Å²) >= 11 is 0. The Morgan fingerprint density at radius 1 is 1.19 bits per heavy atom. The van der Waals surface area contributed by atoms with Gasteiger partial charge in [-0.3, -0.25) is 0 Å². The summed E-state index contributed by atoms with van der Waals surface area (Å²) in [5.41, 5.74) is 0.987. The average Bonchev–Trinajstić information content (AvgIpc) is 2.47. The fourth-order valence-corrected chi connectivity index (χ4v) is 3.53. The Morgan fingerprint density at radius 2 is 1.90 bits per heavy atom. The van der Waals surface area contributed by atoms with Crippen LogP contribution in [0.4, 0.5) is 4.39 Å². The number of nitrogens with one attached hydrogen (secondary N) is 1. The normalized spacial score (nSPS) is 24.1. The van der Waals surface area contributed by atoms with Crippen LogP contribution in [-0.2, 0) is 0 Å². The summed E-state index contributed by atoms with van der Waals surface area (Å²) in [6, 6.07) is 5.95. The van der Waals surface area contributed by atoms with Crippen molar-refractivity contribution in [3.8, 4) is 5.75 Å². The third-order valence-electron chi connectivity index (χ3n) is 4.82. The molecule has 0 aromatic heterocycles. The van der Waals surface area contributed by atoms with E-state index in [1.54, 1.807) is 12.1 Å². The van der Waals surface area contributed by atoms with E-state index in [0.717, 1.165) is 11.5 Å². The first-order valence-corrected chi connectivity index (χ1v) is 8.12. The molecule has 1 N–H and O–H groups in total. The van der Waals surface area contributed by atoms with Crippen LogP contribution in [0.1, 0.15) is 58.1 Å². The molecule has 2 nitrogen and oxygen atoms in total. The van der Waals surface area contributed by atoms with Gasteiger partial charge in [0.15, 0.2) is 11.6 Å². The first-order chi connectivity index (χ1) is 10.0. The van der Waals surface area contributed by atoms with E-state index in [9.17, 15) is 4.39 Å². The van der Waals surface area contributed by atoms with Crippen molar-refractivity contribution in [1.29, 1.82) is 0 Å². The number of benzene rings is 1. The van der Waals surface area contributed by atoms with E-state index in [-0.39, 0.29) is 11.9 Å². The zero-order valence-corrected chi connectivity index (χ0v) is 13.7. The highest BCUT2D eigenvalue weighted by atomic mass is 19.1. The molecule has 1 aliphatic rings. The van der Waals surface area contributed by atoms with Crippen molar-refractivity contribution in [3.63, 3.8) is 0 Å². The molecule has 3 heteroatoms. The van der Waals surface area contributed by atoms with Crippen LogP contribution in [0.25, 0.3) is 0 Å². The van der Waals surface area contributed by atoms with E-state index in [0.29, 0.717) is 17.7 Å². The minimum absolute atomic E-state index is 0.162. The molecule has 1 saturated carbocycles.